The van der Waals surface area contributed by atoms with Crippen LogP contribution in [0.25, 0.3) is 0 Å². The van der Waals surface area contributed by atoms with Crippen molar-refractivity contribution in [2.75, 3.05) is 26.7 Å². The average molecular weight is 261 g/mol. The minimum Gasteiger partial charge on any atom is -0.379 e. The van der Waals surface area contributed by atoms with Crippen molar-refractivity contribution < 1.29 is 13.2 Å². The Balaban J connectivity index is 2.00. The molecule has 0 amide bonds. The van der Waals surface area contributed by atoms with Gasteiger partial charge >= 0.3 is 0 Å². The highest BCUT2D eigenvalue weighted by Gasteiger charge is 2.56. The lowest BCUT2D eigenvalue weighted by Gasteiger charge is -2.43. The van der Waals surface area contributed by atoms with E-state index in [1.807, 2.05) is 20.8 Å². The number of hydrogen-bond acceptors (Lipinski definition) is 4. The number of hydrogen-bond donors (Lipinski definition) is 0. The smallest absolute Gasteiger partial charge is 0.162 e. The minimum atomic E-state index is -3.04. The summed E-state index contributed by atoms with van der Waals surface area (Å²) in [7, 11) is -1.34. The summed E-state index contributed by atoms with van der Waals surface area (Å²) >= 11 is 0. The molecule has 0 atom stereocenters. The maximum absolute atomic E-state index is 12.5. The van der Waals surface area contributed by atoms with Gasteiger partial charge in [-0.1, -0.05) is 0 Å². The van der Waals surface area contributed by atoms with E-state index in [4.69, 9.17) is 4.74 Å². The van der Waals surface area contributed by atoms with E-state index in [-0.39, 0.29) is 6.10 Å². The van der Waals surface area contributed by atoms with Crippen LogP contribution >= 0.6 is 0 Å². The zero-order valence-electron chi connectivity index (χ0n) is 11.2. The van der Waals surface area contributed by atoms with Crippen LogP contribution in [0.15, 0.2) is 0 Å². The third-order valence-electron chi connectivity index (χ3n) is 4.19. The molecular weight excluding hydrogens is 238 g/mol. The summed E-state index contributed by atoms with van der Waals surface area (Å²) in [6.45, 7) is 7.90. The summed E-state index contributed by atoms with van der Waals surface area (Å²) in [6.07, 6.45) is 1.92. The fraction of sp³-hybridized carbons (Fsp3) is 1.00. The van der Waals surface area contributed by atoms with Crippen molar-refractivity contribution in [3.05, 3.63) is 0 Å². The maximum Gasteiger partial charge on any atom is 0.162 e. The molecule has 4 nitrogen and oxygen atoms in total. The molecule has 0 aromatic rings. The van der Waals surface area contributed by atoms with Gasteiger partial charge in [-0.15, -0.1) is 0 Å². The van der Waals surface area contributed by atoms with E-state index in [2.05, 4.69) is 4.90 Å². The lowest BCUT2D eigenvalue weighted by molar-refractivity contribution is -0.0322. The molecule has 0 aromatic carbocycles. The monoisotopic (exact) mass is 261 g/mol. The van der Waals surface area contributed by atoms with Crippen molar-refractivity contribution >= 4 is 9.84 Å². The zero-order chi connectivity index (χ0) is 12.9. The zero-order valence-corrected chi connectivity index (χ0v) is 12.0. The molecule has 5 heteroatoms. The van der Waals surface area contributed by atoms with Gasteiger partial charge in [0.05, 0.1) is 15.6 Å². The highest BCUT2D eigenvalue weighted by atomic mass is 32.2. The van der Waals surface area contributed by atoms with Crippen LogP contribution in [-0.2, 0) is 14.6 Å². The van der Waals surface area contributed by atoms with Gasteiger partial charge in [-0.3, -0.25) is 4.90 Å². The Labute approximate surface area is 104 Å². The van der Waals surface area contributed by atoms with E-state index in [0.29, 0.717) is 6.54 Å². The van der Waals surface area contributed by atoms with Gasteiger partial charge in [-0.05, 0) is 33.6 Å². The highest BCUT2D eigenvalue weighted by Crippen LogP contribution is 2.48. The molecule has 0 unspecified atom stereocenters. The van der Waals surface area contributed by atoms with Crippen LogP contribution in [0.2, 0.25) is 0 Å². The Kier molecular flexibility index (Phi) is 3.08. The highest BCUT2D eigenvalue weighted by molar-refractivity contribution is 7.94. The van der Waals surface area contributed by atoms with E-state index in [1.165, 1.54) is 0 Å². The summed E-state index contributed by atoms with van der Waals surface area (Å²) in [4.78, 5) is 2.16. The van der Waals surface area contributed by atoms with Gasteiger partial charge in [0.2, 0.25) is 0 Å². The van der Waals surface area contributed by atoms with Crippen LogP contribution in [0.3, 0.4) is 0 Å². The first-order chi connectivity index (χ1) is 7.72. The lowest BCUT2D eigenvalue weighted by Crippen LogP contribution is -2.58. The molecule has 1 saturated carbocycles. The Morgan fingerprint density at radius 3 is 2.29 bits per heavy atom. The standard InChI is InChI=1S/C12H23NO3S/c1-11(2,9-13-7-10(8-13)16-4)17(14,15)12(3)5-6-12/h10H,5-9H2,1-4H3. The Hall–Kier alpha value is -0.130. The molecule has 0 spiro atoms. The normalized spacial score (nSPS) is 25.6. The Morgan fingerprint density at radius 2 is 1.88 bits per heavy atom. The van der Waals surface area contributed by atoms with Crippen LogP contribution in [0, 0.1) is 0 Å². The largest absolute Gasteiger partial charge is 0.379 e. The van der Waals surface area contributed by atoms with E-state index in [9.17, 15) is 8.42 Å². The number of rotatable bonds is 5. The molecule has 2 fully saturated rings. The number of methoxy groups -OCH3 is 1. The predicted octanol–water partition coefficient (Wildman–Crippen LogP) is 1.06. The topological polar surface area (TPSA) is 46.6 Å². The summed E-state index contributed by atoms with van der Waals surface area (Å²) in [5.41, 5.74) is 0. The maximum atomic E-state index is 12.5. The fourth-order valence-corrected chi connectivity index (χ4v) is 4.86. The molecule has 1 heterocycles. The fourth-order valence-electron chi connectivity index (χ4n) is 2.54. The van der Waals surface area contributed by atoms with E-state index >= 15 is 0 Å². The number of nitrogens with zero attached hydrogens (tertiary/aromatic N) is 1. The molecule has 1 saturated heterocycles. The third kappa shape index (κ3) is 2.13. The van der Waals surface area contributed by atoms with Crippen LogP contribution in [-0.4, -0.2) is 55.7 Å². The summed E-state index contributed by atoms with van der Waals surface area (Å²) in [5.74, 6) is 0. The molecule has 2 rings (SSSR count). The quantitative estimate of drug-likeness (QED) is 0.742. The van der Waals surface area contributed by atoms with Gasteiger partial charge < -0.3 is 4.74 Å². The lowest BCUT2D eigenvalue weighted by atomic mass is 10.1. The number of sulfone groups is 1. The first-order valence-electron chi connectivity index (χ1n) is 6.21. The SMILES string of the molecule is COC1CN(CC(C)(C)S(=O)(=O)C2(C)CC2)C1. The summed E-state index contributed by atoms with van der Waals surface area (Å²) in [5, 5.41) is 0. The van der Waals surface area contributed by atoms with Crippen LogP contribution in [0.5, 0.6) is 0 Å². The van der Waals surface area contributed by atoms with E-state index < -0.39 is 19.3 Å². The van der Waals surface area contributed by atoms with Gasteiger partial charge in [-0.25, -0.2) is 8.42 Å². The molecule has 1 aliphatic carbocycles. The van der Waals surface area contributed by atoms with Gasteiger partial charge in [0.25, 0.3) is 0 Å². The summed E-state index contributed by atoms with van der Waals surface area (Å²) in [6, 6.07) is 0. The third-order valence-corrected chi connectivity index (χ3v) is 7.48. The second kappa shape index (κ2) is 3.93. The number of ether oxygens (including phenoxy) is 1. The van der Waals surface area contributed by atoms with Crippen LogP contribution in [0.1, 0.15) is 33.6 Å². The van der Waals surface area contributed by atoms with Crippen molar-refractivity contribution in [2.45, 2.75) is 49.2 Å². The van der Waals surface area contributed by atoms with Gasteiger partial charge in [0.1, 0.15) is 0 Å². The van der Waals surface area contributed by atoms with E-state index in [0.717, 1.165) is 25.9 Å². The molecule has 0 radical (unpaired) electrons. The number of likely N-dealkylation sites (tertiary alicyclic amines) is 1. The van der Waals surface area contributed by atoms with Gasteiger partial charge in [-0.2, -0.15) is 0 Å². The first kappa shape index (κ1) is 13.3. The van der Waals surface area contributed by atoms with Crippen molar-refractivity contribution in [1.82, 2.24) is 4.90 Å². The molecule has 2 aliphatic rings. The second-order valence-corrected chi connectivity index (χ2v) is 9.36. The molecule has 0 N–H and O–H groups in total. The van der Waals surface area contributed by atoms with E-state index in [1.54, 1.807) is 7.11 Å². The predicted molar refractivity (Wildman–Crippen MR) is 67.9 cm³/mol. The van der Waals surface area contributed by atoms with Crippen molar-refractivity contribution in [1.29, 1.82) is 0 Å². The van der Waals surface area contributed by atoms with Crippen LogP contribution < -0.4 is 0 Å². The van der Waals surface area contributed by atoms with Crippen molar-refractivity contribution in [3.8, 4) is 0 Å². The molecule has 100 valence electrons. The average Bonchev–Trinajstić information content (AvgIpc) is 2.90. The molecule has 0 bridgehead atoms. The van der Waals surface area contributed by atoms with Crippen molar-refractivity contribution in [3.63, 3.8) is 0 Å². The summed E-state index contributed by atoms with van der Waals surface area (Å²) < 4.78 is 29.1. The van der Waals surface area contributed by atoms with Crippen LogP contribution in [0.4, 0.5) is 0 Å². The second-order valence-electron chi connectivity index (χ2n) is 6.26. The minimum absolute atomic E-state index is 0.282. The molecule has 17 heavy (non-hydrogen) atoms. The van der Waals surface area contributed by atoms with Gasteiger partial charge in [0.15, 0.2) is 9.84 Å². The first-order valence-corrected chi connectivity index (χ1v) is 7.69. The Bertz CT molecular complexity index is 392. The van der Waals surface area contributed by atoms with Crippen molar-refractivity contribution in [2.24, 2.45) is 0 Å². The Morgan fingerprint density at radius 1 is 1.35 bits per heavy atom. The molecule has 1 aliphatic heterocycles. The molecular formula is C12H23NO3S. The van der Waals surface area contributed by atoms with Gasteiger partial charge in [0, 0.05) is 26.7 Å². The molecule has 0 aromatic heterocycles.